The first-order valence-electron chi connectivity index (χ1n) is 9.13. The Morgan fingerprint density at radius 1 is 1.10 bits per heavy atom. The lowest BCUT2D eigenvalue weighted by Gasteiger charge is -2.19. The minimum absolute atomic E-state index is 0.0247. The summed E-state index contributed by atoms with van der Waals surface area (Å²) in [5.74, 6) is 1.82. The molecule has 2 aromatic carbocycles. The zero-order chi connectivity index (χ0) is 21.5. The normalized spacial score (nSPS) is 11.6. The number of sulfonamides is 1. The number of benzene rings is 2. The predicted molar refractivity (Wildman–Crippen MR) is 117 cm³/mol. The Balaban J connectivity index is 1.66. The van der Waals surface area contributed by atoms with Gasteiger partial charge in [0.15, 0.2) is 0 Å². The Labute approximate surface area is 174 Å². The van der Waals surface area contributed by atoms with E-state index in [1.807, 2.05) is 48.7 Å². The minimum atomic E-state index is -3.88. The molecule has 2 heterocycles. The van der Waals surface area contributed by atoms with Gasteiger partial charge in [0.05, 0.1) is 16.7 Å². The predicted octanol–water partition coefficient (Wildman–Crippen LogP) is 2.83. The molecule has 0 aliphatic heterocycles. The zero-order valence-corrected chi connectivity index (χ0v) is 17.6. The largest absolute Gasteiger partial charge is 0.331 e. The summed E-state index contributed by atoms with van der Waals surface area (Å²) in [5, 5.41) is 8.24. The van der Waals surface area contributed by atoms with E-state index in [0.29, 0.717) is 11.5 Å². The molecule has 3 N–H and O–H groups in total. The SMILES string of the molecule is Cc1nc2cc(N(C)c3ccnc(Nc4ccccc4S(N)(=O)=O)n3)ccc2n1C. The van der Waals surface area contributed by atoms with Crippen LogP contribution >= 0.6 is 0 Å². The lowest BCUT2D eigenvalue weighted by Crippen LogP contribution is -2.15. The van der Waals surface area contributed by atoms with Crippen molar-refractivity contribution < 1.29 is 8.42 Å². The number of nitrogens with one attached hydrogen (secondary N) is 1. The molecule has 4 aromatic rings. The highest BCUT2D eigenvalue weighted by molar-refractivity contribution is 7.89. The number of hydrogen-bond acceptors (Lipinski definition) is 7. The number of para-hydroxylation sites is 1. The van der Waals surface area contributed by atoms with Crippen LogP contribution < -0.4 is 15.4 Å². The number of aryl methyl sites for hydroxylation is 2. The number of fused-ring (bicyclic) bond motifs is 1. The van der Waals surface area contributed by atoms with Gasteiger partial charge in [-0.1, -0.05) is 12.1 Å². The Morgan fingerprint density at radius 2 is 1.87 bits per heavy atom. The molecule has 0 saturated heterocycles. The first-order chi connectivity index (χ1) is 14.2. The molecule has 0 atom stereocenters. The van der Waals surface area contributed by atoms with E-state index in [-0.39, 0.29) is 10.8 Å². The van der Waals surface area contributed by atoms with Gasteiger partial charge in [-0.15, -0.1) is 0 Å². The van der Waals surface area contributed by atoms with Gasteiger partial charge in [-0.25, -0.2) is 23.5 Å². The van der Waals surface area contributed by atoms with Gasteiger partial charge in [-0.05, 0) is 43.3 Å². The summed E-state index contributed by atoms with van der Waals surface area (Å²) in [6.45, 7) is 1.96. The van der Waals surface area contributed by atoms with Gasteiger partial charge in [0.1, 0.15) is 16.5 Å². The molecule has 4 rings (SSSR count). The maximum atomic E-state index is 11.8. The van der Waals surface area contributed by atoms with E-state index in [4.69, 9.17) is 5.14 Å². The average molecular weight is 424 g/mol. The molecule has 0 fully saturated rings. The first kappa shape index (κ1) is 19.8. The molecular weight excluding hydrogens is 402 g/mol. The fraction of sp³-hybridized carbons (Fsp3) is 0.150. The van der Waals surface area contributed by atoms with Gasteiger partial charge in [-0.3, -0.25) is 0 Å². The van der Waals surface area contributed by atoms with E-state index >= 15 is 0 Å². The average Bonchev–Trinajstić information content (AvgIpc) is 3.00. The van der Waals surface area contributed by atoms with Crippen LogP contribution in [0.4, 0.5) is 23.1 Å². The fourth-order valence-electron chi connectivity index (χ4n) is 3.18. The van der Waals surface area contributed by atoms with Crippen molar-refractivity contribution in [2.75, 3.05) is 17.3 Å². The van der Waals surface area contributed by atoms with Crippen molar-refractivity contribution in [2.24, 2.45) is 12.2 Å². The maximum absolute atomic E-state index is 11.8. The van der Waals surface area contributed by atoms with Gasteiger partial charge in [0.25, 0.3) is 0 Å². The summed E-state index contributed by atoms with van der Waals surface area (Å²) in [6.07, 6.45) is 1.60. The Bertz CT molecular complexity index is 1350. The number of nitrogens with two attached hydrogens (primary N) is 1. The summed E-state index contributed by atoms with van der Waals surface area (Å²) in [7, 11) is -0.0106. The van der Waals surface area contributed by atoms with E-state index in [2.05, 4.69) is 20.3 Å². The van der Waals surface area contributed by atoms with Crippen LogP contribution in [0.1, 0.15) is 5.82 Å². The fourth-order valence-corrected chi connectivity index (χ4v) is 3.88. The molecule has 0 unspecified atom stereocenters. The molecule has 30 heavy (non-hydrogen) atoms. The molecule has 0 radical (unpaired) electrons. The van der Waals surface area contributed by atoms with Crippen molar-refractivity contribution in [2.45, 2.75) is 11.8 Å². The van der Waals surface area contributed by atoms with Crippen molar-refractivity contribution in [1.29, 1.82) is 0 Å². The number of anilines is 4. The molecular formula is C20H21N7O2S. The molecule has 0 bridgehead atoms. The molecule has 10 heteroatoms. The highest BCUT2D eigenvalue weighted by Gasteiger charge is 2.15. The molecule has 154 valence electrons. The highest BCUT2D eigenvalue weighted by atomic mass is 32.2. The second-order valence-corrected chi connectivity index (χ2v) is 8.38. The van der Waals surface area contributed by atoms with Crippen molar-refractivity contribution in [1.82, 2.24) is 19.5 Å². The lowest BCUT2D eigenvalue weighted by molar-refractivity contribution is 0.598. The van der Waals surface area contributed by atoms with Crippen LogP contribution in [-0.4, -0.2) is 35.0 Å². The lowest BCUT2D eigenvalue weighted by atomic mass is 10.2. The van der Waals surface area contributed by atoms with Crippen molar-refractivity contribution in [3.8, 4) is 0 Å². The molecule has 2 aromatic heterocycles. The number of hydrogen-bond donors (Lipinski definition) is 2. The molecule has 0 aliphatic carbocycles. The molecule has 9 nitrogen and oxygen atoms in total. The zero-order valence-electron chi connectivity index (χ0n) is 16.7. The smallest absolute Gasteiger partial charge is 0.240 e. The maximum Gasteiger partial charge on any atom is 0.240 e. The molecule has 0 spiro atoms. The summed E-state index contributed by atoms with van der Waals surface area (Å²) < 4.78 is 25.7. The number of imidazole rings is 1. The summed E-state index contributed by atoms with van der Waals surface area (Å²) in [6, 6.07) is 14.1. The van der Waals surface area contributed by atoms with E-state index in [1.165, 1.54) is 6.07 Å². The minimum Gasteiger partial charge on any atom is -0.331 e. The number of aromatic nitrogens is 4. The van der Waals surface area contributed by atoms with Gasteiger partial charge >= 0.3 is 0 Å². The number of nitrogens with zero attached hydrogens (tertiary/aromatic N) is 5. The van der Waals surface area contributed by atoms with Crippen LogP contribution in [0.5, 0.6) is 0 Å². The number of rotatable bonds is 5. The van der Waals surface area contributed by atoms with Gasteiger partial charge in [-0.2, -0.15) is 4.98 Å². The van der Waals surface area contributed by atoms with Crippen molar-refractivity contribution in [3.05, 3.63) is 60.6 Å². The number of primary sulfonamides is 1. The van der Waals surface area contributed by atoms with Crippen molar-refractivity contribution >= 4 is 44.2 Å². The van der Waals surface area contributed by atoms with Crippen LogP contribution in [0, 0.1) is 6.92 Å². The third-order valence-corrected chi connectivity index (χ3v) is 5.87. The van der Waals surface area contributed by atoms with Gasteiger partial charge in [0.2, 0.25) is 16.0 Å². The summed E-state index contributed by atoms with van der Waals surface area (Å²) >= 11 is 0. The van der Waals surface area contributed by atoms with E-state index in [9.17, 15) is 8.42 Å². The summed E-state index contributed by atoms with van der Waals surface area (Å²) in [5.41, 5.74) is 3.17. The molecule has 0 aliphatic rings. The Hall–Kier alpha value is -3.50. The van der Waals surface area contributed by atoms with Crippen molar-refractivity contribution in [3.63, 3.8) is 0 Å². The second-order valence-electron chi connectivity index (χ2n) is 6.85. The van der Waals surface area contributed by atoms with Crippen LogP contribution in [0.2, 0.25) is 0 Å². The Kier molecular flexibility index (Phi) is 4.88. The molecule has 0 saturated carbocycles. The monoisotopic (exact) mass is 423 g/mol. The van der Waals surface area contributed by atoms with E-state index in [1.54, 1.807) is 30.5 Å². The van der Waals surface area contributed by atoms with Crippen LogP contribution in [0.3, 0.4) is 0 Å². The second kappa shape index (κ2) is 7.39. The topological polar surface area (TPSA) is 119 Å². The third kappa shape index (κ3) is 3.70. The molecule has 0 amide bonds. The standard InChI is InChI=1S/C20H21N7O2S/c1-13-23-16-12-14(8-9-17(16)26(13)2)27(3)19-10-11-22-20(25-19)24-15-6-4-5-7-18(15)30(21,28)29/h4-12H,1-3H3,(H2,21,28,29)(H,22,24,25). The first-order valence-corrected chi connectivity index (χ1v) is 10.7. The Morgan fingerprint density at radius 3 is 2.63 bits per heavy atom. The van der Waals surface area contributed by atoms with Crippen LogP contribution in [-0.2, 0) is 17.1 Å². The van der Waals surface area contributed by atoms with E-state index in [0.717, 1.165) is 22.5 Å². The van der Waals surface area contributed by atoms with Crippen LogP contribution in [0.15, 0.2) is 59.6 Å². The van der Waals surface area contributed by atoms with Crippen LogP contribution in [0.25, 0.3) is 11.0 Å². The van der Waals surface area contributed by atoms with Gasteiger partial charge < -0.3 is 14.8 Å². The highest BCUT2D eigenvalue weighted by Crippen LogP contribution is 2.27. The third-order valence-electron chi connectivity index (χ3n) is 4.90. The summed E-state index contributed by atoms with van der Waals surface area (Å²) in [4.78, 5) is 15.2. The van der Waals surface area contributed by atoms with E-state index < -0.39 is 10.0 Å². The van der Waals surface area contributed by atoms with Gasteiger partial charge in [0, 0.05) is 26.0 Å². The quantitative estimate of drug-likeness (QED) is 0.506.